The van der Waals surface area contributed by atoms with Gasteiger partial charge in [0, 0.05) is 5.41 Å². The Labute approximate surface area is 97.9 Å². The summed E-state index contributed by atoms with van der Waals surface area (Å²) in [4.78, 5) is 0. The second-order valence-electron chi connectivity index (χ2n) is 7.56. The predicted octanol–water partition coefficient (Wildman–Crippen LogP) is 3.00. The first kappa shape index (κ1) is 9.70. The molecule has 4 saturated carbocycles. The highest BCUT2D eigenvalue weighted by Crippen LogP contribution is 2.93. The molecule has 0 aromatic rings. The molecule has 4 aliphatic carbocycles. The first-order chi connectivity index (χ1) is 7.38. The zero-order chi connectivity index (χ0) is 11.5. The second kappa shape index (κ2) is 2.16. The average Bonchev–Trinajstić information content (AvgIpc) is 2.91. The standard InChI is InChI=1S/C15H22O/c1-8-10(16)7-11-14(4)6-5-9-12(13(9,2)3)15(8,11)14/h9-12,16H,1,5-7H2,2-4H3/t9-,10-,11-,12+,14+,15-/m0/s1. The van der Waals surface area contributed by atoms with Gasteiger partial charge in [-0.25, -0.2) is 0 Å². The number of aliphatic hydroxyl groups is 1. The Bertz CT molecular complexity index is 410. The van der Waals surface area contributed by atoms with Crippen molar-refractivity contribution in [3.05, 3.63) is 12.2 Å². The van der Waals surface area contributed by atoms with E-state index in [4.69, 9.17) is 0 Å². The molecule has 0 aliphatic heterocycles. The van der Waals surface area contributed by atoms with Gasteiger partial charge in [-0.1, -0.05) is 27.4 Å². The number of aliphatic hydroxyl groups excluding tert-OH is 1. The first-order valence-corrected chi connectivity index (χ1v) is 6.76. The molecule has 4 aliphatic rings. The van der Waals surface area contributed by atoms with Crippen molar-refractivity contribution in [3.63, 3.8) is 0 Å². The molecule has 1 nitrogen and oxygen atoms in total. The van der Waals surface area contributed by atoms with Gasteiger partial charge in [-0.05, 0) is 53.4 Å². The SMILES string of the molecule is C=C1[C@@H](O)C[C@@H]2[C@]13[C@@H]1[C@H](CC[C@]23C)C1(C)C. The summed E-state index contributed by atoms with van der Waals surface area (Å²) in [7, 11) is 0. The van der Waals surface area contributed by atoms with Crippen LogP contribution in [0.3, 0.4) is 0 Å². The highest BCUT2D eigenvalue weighted by molar-refractivity contribution is 5.47. The van der Waals surface area contributed by atoms with E-state index in [1.165, 1.54) is 18.4 Å². The van der Waals surface area contributed by atoms with Crippen molar-refractivity contribution in [3.8, 4) is 0 Å². The van der Waals surface area contributed by atoms with E-state index < -0.39 is 0 Å². The van der Waals surface area contributed by atoms with Crippen LogP contribution in [-0.4, -0.2) is 11.2 Å². The maximum absolute atomic E-state index is 10.1. The van der Waals surface area contributed by atoms with Gasteiger partial charge in [-0.2, -0.15) is 0 Å². The Balaban J connectivity index is 1.85. The number of hydrogen-bond acceptors (Lipinski definition) is 1. The van der Waals surface area contributed by atoms with Gasteiger partial charge in [-0.15, -0.1) is 0 Å². The highest BCUT2D eigenvalue weighted by Gasteiger charge is 2.89. The lowest BCUT2D eigenvalue weighted by Gasteiger charge is -2.31. The minimum Gasteiger partial charge on any atom is -0.389 e. The smallest absolute Gasteiger partial charge is 0.0756 e. The van der Waals surface area contributed by atoms with Gasteiger partial charge in [0.2, 0.25) is 0 Å². The molecule has 1 spiro atoms. The van der Waals surface area contributed by atoms with Crippen LogP contribution in [0.5, 0.6) is 0 Å². The molecule has 0 aromatic carbocycles. The third-order valence-electron chi connectivity index (χ3n) is 7.09. The van der Waals surface area contributed by atoms with E-state index in [1.807, 2.05) is 0 Å². The average molecular weight is 218 g/mol. The molecule has 16 heavy (non-hydrogen) atoms. The van der Waals surface area contributed by atoms with Crippen LogP contribution in [0.25, 0.3) is 0 Å². The molecule has 0 aromatic heterocycles. The van der Waals surface area contributed by atoms with Gasteiger partial charge in [0.05, 0.1) is 6.10 Å². The number of hydrogen-bond donors (Lipinski definition) is 1. The first-order valence-electron chi connectivity index (χ1n) is 6.76. The van der Waals surface area contributed by atoms with Crippen LogP contribution in [0.2, 0.25) is 0 Å². The molecule has 4 fully saturated rings. The van der Waals surface area contributed by atoms with Crippen molar-refractivity contribution in [2.24, 2.45) is 34.0 Å². The van der Waals surface area contributed by atoms with Crippen LogP contribution in [0.15, 0.2) is 12.2 Å². The topological polar surface area (TPSA) is 20.2 Å². The summed E-state index contributed by atoms with van der Waals surface area (Å²) in [5, 5.41) is 10.1. The fourth-order valence-electron chi connectivity index (χ4n) is 6.28. The molecule has 0 amide bonds. The molecule has 0 saturated heterocycles. The van der Waals surface area contributed by atoms with Gasteiger partial charge < -0.3 is 5.11 Å². The molecule has 0 unspecified atom stereocenters. The van der Waals surface area contributed by atoms with E-state index in [2.05, 4.69) is 27.4 Å². The summed E-state index contributed by atoms with van der Waals surface area (Å²) in [5.74, 6) is 2.49. The molecule has 0 radical (unpaired) electrons. The third-order valence-corrected chi connectivity index (χ3v) is 7.09. The maximum Gasteiger partial charge on any atom is 0.0756 e. The minimum absolute atomic E-state index is 0.201. The molecular formula is C15H22O. The van der Waals surface area contributed by atoms with Gasteiger partial charge in [0.1, 0.15) is 0 Å². The Morgan fingerprint density at radius 3 is 2.69 bits per heavy atom. The summed E-state index contributed by atoms with van der Waals surface area (Å²) < 4.78 is 0. The zero-order valence-corrected chi connectivity index (χ0v) is 10.6. The number of fused-ring (bicyclic) bond motifs is 2. The normalized spacial score (nSPS) is 64.6. The van der Waals surface area contributed by atoms with Crippen molar-refractivity contribution in [2.45, 2.75) is 46.1 Å². The highest BCUT2D eigenvalue weighted by atomic mass is 16.3. The lowest BCUT2D eigenvalue weighted by Crippen LogP contribution is -2.26. The Hall–Kier alpha value is -0.300. The van der Waals surface area contributed by atoms with E-state index in [0.717, 1.165) is 24.2 Å². The molecular weight excluding hydrogens is 196 g/mol. The van der Waals surface area contributed by atoms with Crippen molar-refractivity contribution in [1.29, 1.82) is 0 Å². The second-order valence-corrected chi connectivity index (χ2v) is 7.56. The van der Waals surface area contributed by atoms with Gasteiger partial charge in [0.15, 0.2) is 0 Å². The van der Waals surface area contributed by atoms with Crippen molar-refractivity contribution in [2.75, 3.05) is 0 Å². The Morgan fingerprint density at radius 1 is 1.31 bits per heavy atom. The minimum atomic E-state index is -0.201. The van der Waals surface area contributed by atoms with Crippen LogP contribution in [0, 0.1) is 34.0 Å². The molecule has 88 valence electrons. The van der Waals surface area contributed by atoms with Crippen LogP contribution < -0.4 is 0 Å². The van der Waals surface area contributed by atoms with Gasteiger partial charge >= 0.3 is 0 Å². The quantitative estimate of drug-likeness (QED) is 0.620. The van der Waals surface area contributed by atoms with E-state index in [0.29, 0.717) is 16.2 Å². The number of rotatable bonds is 0. The fourth-order valence-corrected chi connectivity index (χ4v) is 6.28. The molecule has 1 heteroatoms. The lowest BCUT2D eigenvalue weighted by atomic mass is 9.74. The Morgan fingerprint density at radius 2 is 2.00 bits per heavy atom. The maximum atomic E-state index is 10.1. The van der Waals surface area contributed by atoms with Crippen LogP contribution in [0.1, 0.15) is 40.0 Å². The van der Waals surface area contributed by atoms with Gasteiger partial charge in [-0.3, -0.25) is 0 Å². The molecule has 1 N–H and O–H groups in total. The van der Waals surface area contributed by atoms with Crippen molar-refractivity contribution < 1.29 is 5.11 Å². The summed E-state index contributed by atoms with van der Waals surface area (Å²) in [5.41, 5.74) is 2.55. The van der Waals surface area contributed by atoms with Crippen LogP contribution in [-0.2, 0) is 0 Å². The van der Waals surface area contributed by atoms with E-state index in [-0.39, 0.29) is 6.10 Å². The van der Waals surface area contributed by atoms with E-state index >= 15 is 0 Å². The summed E-state index contributed by atoms with van der Waals surface area (Å²) in [6.07, 6.45) is 3.58. The van der Waals surface area contributed by atoms with Gasteiger partial charge in [0.25, 0.3) is 0 Å². The molecule has 6 atom stereocenters. The molecule has 4 rings (SSSR count). The summed E-state index contributed by atoms with van der Waals surface area (Å²) in [6, 6.07) is 0. The van der Waals surface area contributed by atoms with E-state index in [9.17, 15) is 5.11 Å². The lowest BCUT2D eigenvalue weighted by molar-refractivity contribution is 0.163. The van der Waals surface area contributed by atoms with E-state index in [1.54, 1.807) is 0 Å². The third kappa shape index (κ3) is 0.641. The fraction of sp³-hybridized carbons (Fsp3) is 0.867. The monoisotopic (exact) mass is 218 g/mol. The van der Waals surface area contributed by atoms with Crippen molar-refractivity contribution >= 4 is 0 Å². The Kier molecular flexibility index (Phi) is 1.31. The summed E-state index contributed by atoms with van der Waals surface area (Å²) >= 11 is 0. The molecule has 0 heterocycles. The van der Waals surface area contributed by atoms with Crippen molar-refractivity contribution in [1.82, 2.24) is 0 Å². The predicted molar refractivity (Wildman–Crippen MR) is 63.8 cm³/mol. The van der Waals surface area contributed by atoms with Crippen LogP contribution in [0.4, 0.5) is 0 Å². The summed E-state index contributed by atoms with van der Waals surface area (Å²) in [6.45, 7) is 11.6. The molecule has 0 bridgehead atoms. The largest absolute Gasteiger partial charge is 0.389 e. The van der Waals surface area contributed by atoms with Crippen LogP contribution >= 0.6 is 0 Å². The zero-order valence-electron chi connectivity index (χ0n) is 10.6.